The summed E-state index contributed by atoms with van der Waals surface area (Å²) in [6, 6.07) is 4.66. The molecule has 0 bridgehead atoms. The Balaban J connectivity index is 2.41. The molecule has 2 aromatic rings. The van der Waals surface area contributed by atoms with E-state index in [4.69, 9.17) is 16.0 Å². The topological polar surface area (TPSA) is 78.2 Å². The number of anilines is 1. The first kappa shape index (κ1) is 11.1. The zero-order valence-electron chi connectivity index (χ0n) is 7.84. The minimum atomic E-state index is -2.37. The number of benzene rings is 1. The number of oxazole rings is 1. The van der Waals surface area contributed by atoms with Crippen LogP contribution in [0.25, 0.3) is 11.5 Å². The molecular formula is C9H6ClN2O3S-. The molecule has 5 nitrogen and oxygen atoms in total. The van der Waals surface area contributed by atoms with Crippen molar-refractivity contribution in [2.24, 2.45) is 0 Å². The molecule has 0 aliphatic heterocycles. The van der Waals surface area contributed by atoms with Crippen molar-refractivity contribution >= 4 is 28.6 Å². The third-order valence-corrected chi connectivity index (χ3v) is 2.56. The van der Waals surface area contributed by atoms with E-state index in [-0.39, 0.29) is 0 Å². The second-order valence-electron chi connectivity index (χ2n) is 2.87. The van der Waals surface area contributed by atoms with Gasteiger partial charge in [0.15, 0.2) is 0 Å². The molecule has 0 aliphatic rings. The predicted octanol–water partition coefficient (Wildman–Crippen LogP) is 2.20. The van der Waals surface area contributed by atoms with Gasteiger partial charge in [-0.3, -0.25) is 4.21 Å². The summed E-state index contributed by atoms with van der Waals surface area (Å²) in [5.74, 6) is 0.338. The predicted molar refractivity (Wildman–Crippen MR) is 59.5 cm³/mol. The minimum absolute atomic E-state index is 0.338. The molecule has 84 valence electrons. The Bertz CT molecular complexity index is 515. The van der Waals surface area contributed by atoms with Crippen LogP contribution in [0.5, 0.6) is 0 Å². The average molecular weight is 258 g/mol. The molecule has 1 unspecified atom stereocenters. The normalized spacial score (nSPS) is 12.4. The summed E-state index contributed by atoms with van der Waals surface area (Å²) in [7, 11) is 0. The highest BCUT2D eigenvalue weighted by molar-refractivity contribution is 7.80. The number of nitrogens with zero attached hydrogens (tertiary/aromatic N) is 1. The van der Waals surface area contributed by atoms with E-state index >= 15 is 0 Å². The van der Waals surface area contributed by atoms with Crippen molar-refractivity contribution in [3.8, 4) is 11.5 Å². The number of nitrogens with one attached hydrogen (secondary N) is 1. The third-order valence-electron chi connectivity index (χ3n) is 1.83. The molecule has 1 heterocycles. The Labute approximate surface area is 98.9 Å². The Morgan fingerprint density at radius 3 is 2.94 bits per heavy atom. The molecule has 1 N–H and O–H groups in total. The lowest BCUT2D eigenvalue weighted by Crippen LogP contribution is -2.02. The zero-order chi connectivity index (χ0) is 11.5. The Morgan fingerprint density at radius 2 is 2.31 bits per heavy atom. The van der Waals surface area contributed by atoms with Crippen LogP contribution in [0.15, 0.2) is 35.1 Å². The van der Waals surface area contributed by atoms with Crippen molar-refractivity contribution in [2.45, 2.75) is 0 Å². The molecule has 0 saturated carbocycles. The fourth-order valence-corrected chi connectivity index (χ4v) is 1.72. The third kappa shape index (κ3) is 2.41. The first-order valence-electron chi connectivity index (χ1n) is 4.22. The second kappa shape index (κ2) is 4.65. The number of rotatable bonds is 3. The summed E-state index contributed by atoms with van der Waals surface area (Å²) in [5, 5.41) is 0.435. The van der Waals surface area contributed by atoms with Crippen LogP contribution in [-0.4, -0.2) is 13.7 Å². The molecule has 0 radical (unpaired) electrons. The van der Waals surface area contributed by atoms with Crippen LogP contribution >= 0.6 is 11.6 Å². The van der Waals surface area contributed by atoms with Crippen molar-refractivity contribution in [1.29, 1.82) is 0 Å². The van der Waals surface area contributed by atoms with Crippen LogP contribution in [0.1, 0.15) is 0 Å². The molecule has 0 aliphatic carbocycles. The van der Waals surface area contributed by atoms with E-state index in [1.165, 1.54) is 12.5 Å². The molecule has 1 atom stereocenters. The van der Waals surface area contributed by atoms with Crippen molar-refractivity contribution < 1.29 is 13.2 Å². The average Bonchev–Trinajstić information content (AvgIpc) is 2.73. The lowest BCUT2D eigenvalue weighted by molar-refractivity contribution is 0.542. The van der Waals surface area contributed by atoms with Gasteiger partial charge >= 0.3 is 0 Å². The van der Waals surface area contributed by atoms with E-state index in [1.54, 1.807) is 18.2 Å². The van der Waals surface area contributed by atoms with Gasteiger partial charge in [-0.25, -0.2) is 4.98 Å². The van der Waals surface area contributed by atoms with Gasteiger partial charge in [-0.2, -0.15) is 0 Å². The highest BCUT2D eigenvalue weighted by Gasteiger charge is 2.08. The van der Waals surface area contributed by atoms with Crippen LogP contribution in [0, 0.1) is 0 Å². The number of hydrogen-bond acceptors (Lipinski definition) is 4. The first-order valence-corrected chi connectivity index (χ1v) is 5.67. The van der Waals surface area contributed by atoms with Gasteiger partial charge < -0.3 is 13.7 Å². The minimum Gasteiger partial charge on any atom is -0.755 e. The molecule has 1 aromatic carbocycles. The Morgan fingerprint density at radius 1 is 1.50 bits per heavy atom. The fourth-order valence-electron chi connectivity index (χ4n) is 1.21. The van der Waals surface area contributed by atoms with Crippen molar-refractivity contribution in [3.05, 3.63) is 35.7 Å². The number of halogens is 1. The maximum absolute atomic E-state index is 10.5. The summed E-state index contributed by atoms with van der Waals surface area (Å²) >= 11 is 3.57. The van der Waals surface area contributed by atoms with E-state index < -0.39 is 11.3 Å². The van der Waals surface area contributed by atoms with Gasteiger partial charge in [-0.1, -0.05) is 11.6 Å². The monoisotopic (exact) mass is 257 g/mol. The van der Waals surface area contributed by atoms with Crippen LogP contribution in [0.2, 0.25) is 5.02 Å². The van der Waals surface area contributed by atoms with E-state index in [0.717, 1.165) is 0 Å². The second-order valence-corrected chi connectivity index (χ2v) is 3.95. The molecule has 1 aromatic heterocycles. The summed E-state index contributed by atoms with van der Waals surface area (Å²) in [4.78, 5) is 3.93. The highest BCUT2D eigenvalue weighted by Crippen LogP contribution is 2.29. The first-order chi connectivity index (χ1) is 7.66. The van der Waals surface area contributed by atoms with E-state index in [1.807, 2.05) is 0 Å². The molecule has 0 fully saturated rings. The lowest BCUT2D eigenvalue weighted by atomic mass is 10.2. The molecule has 0 amide bonds. The standard InChI is InChI=1S/C9H7ClN2O3S/c10-8-2-1-6(12-16(13)14)5-7(8)9-11-3-4-15-9/h1-5,12H,(H,13,14)/p-1. The lowest BCUT2D eigenvalue weighted by Gasteiger charge is -2.09. The molecule has 2 rings (SSSR count). The van der Waals surface area contributed by atoms with Crippen molar-refractivity contribution in [2.75, 3.05) is 4.72 Å². The zero-order valence-corrected chi connectivity index (χ0v) is 9.42. The molecule has 0 saturated heterocycles. The Hall–Kier alpha value is -1.37. The number of hydrogen-bond donors (Lipinski definition) is 1. The largest absolute Gasteiger partial charge is 0.755 e. The van der Waals surface area contributed by atoms with Gasteiger partial charge in [-0.05, 0) is 18.2 Å². The SMILES string of the molecule is O=S([O-])Nc1ccc(Cl)c(-c2ncco2)c1. The smallest absolute Gasteiger partial charge is 0.227 e. The van der Waals surface area contributed by atoms with Crippen LogP contribution in [-0.2, 0) is 11.3 Å². The van der Waals surface area contributed by atoms with E-state index in [9.17, 15) is 8.76 Å². The highest BCUT2D eigenvalue weighted by atomic mass is 35.5. The van der Waals surface area contributed by atoms with Crippen molar-refractivity contribution in [1.82, 2.24) is 4.98 Å². The Kier molecular flexibility index (Phi) is 3.23. The van der Waals surface area contributed by atoms with Gasteiger partial charge in [0.1, 0.15) is 6.26 Å². The van der Waals surface area contributed by atoms with Gasteiger partial charge in [0.05, 0.1) is 16.8 Å². The summed E-state index contributed by atoms with van der Waals surface area (Å²) in [5.41, 5.74) is 0.924. The van der Waals surface area contributed by atoms with Crippen LogP contribution in [0.4, 0.5) is 5.69 Å². The van der Waals surface area contributed by atoms with Crippen molar-refractivity contribution in [3.63, 3.8) is 0 Å². The van der Waals surface area contributed by atoms with Crippen LogP contribution < -0.4 is 4.72 Å². The quantitative estimate of drug-likeness (QED) is 0.855. The van der Waals surface area contributed by atoms with Crippen LogP contribution in [0.3, 0.4) is 0 Å². The maximum Gasteiger partial charge on any atom is 0.227 e. The van der Waals surface area contributed by atoms with Gasteiger partial charge in [0.2, 0.25) is 5.89 Å². The summed E-state index contributed by atoms with van der Waals surface area (Å²) < 4.78 is 28.2. The molecule has 16 heavy (non-hydrogen) atoms. The number of aromatic nitrogens is 1. The summed E-state index contributed by atoms with van der Waals surface area (Å²) in [6.07, 6.45) is 2.90. The van der Waals surface area contributed by atoms with E-state index in [2.05, 4.69) is 9.71 Å². The van der Waals surface area contributed by atoms with E-state index in [0.29, 0.717) is 22.2 Å². The van der Waals surface area contributed by atoms with Gasteiger partial charge in [-0.15, -0.1) is 0 Å². The fraction of sp³-hybridized carbons (Fsp3) is 0. The van der Waals surface area contributed by atoms with Gasteiger partial charge in [0, 0.05) is 17.0 Å². The molecule has 0 spiro atoms. The van der Waals surface area contributed by atoms with Gasteiger partial charge in [0.25, 0.3) is 0 Å². The molecular weight excluding hydrogens is 252 g/mol. The maximum atomic E-state index is 10.5. The molecule has 7 heteroatoms. The summed E-state index contributed by atoms with van der Waals surface area (Å²) in [6.45, 7) is 0.